The number of carbonyl (C=O) groups is 3. The highest BCUT2D eigenvalue weighted by Gasteiger charge is 2.15. The molecule has 2 aromatic carbocycles. The average Bonchev–Trinajstić information content (AvgIpc) is 3.48. The van der Waals surface area contributed by atoms with Crippen LogP contribution in [-0.4, -0.2) is 34.2 Å². The van der Waals surface area contributed by atoms with Crippen molar-refractivity contribution in [1.82, 2.24) is 9.78 Å². The molecule has 8 nitrogen and oxygen atoms in total. The van der Waals surface area contributed by atoms with Crippen molar-refractivity contribution >= 4 is 40.6 Å². The maximum atomic E-state index is 12.5. The summed E-state index contributed by atoms with van der Waals surface area (Å²) in [6.45, 7) is 3.34. The molecule has 0 unspecified atom stereocenters. The van der Waals surface area contributed by atoms with Crippen LogP contribution in [0, 0.1) is 13.8 Å². The fourth-order valence-electron chi connectivity index (χ4n) is 3.19. The number of rotatable bonds is 7. The third-order valence-corrected chi connectivity index (χ3v) is 5.68. The standard InChI is InChI=1S/C25H22N4O4S/c1-16-8-10-20(11-9-16)29-22(13-17(2)28-29)27-23(30)15-33-25(32)18-5-3-6-19(14-18)26-24(31)21-7-4-12-34-21/h3-14H,15H2,1-2H3,(H,26,31)(H,27,30). The van der Waals surface area contributed by atoms with Gasteiger partial charge in [0.25, 0.3) is 11.8 Å². The highest BCUT2D eigenvalue weighted by Crippen LogP contribution is 2.18. The summed E-state index contributed by atoms with van der Waals surface area (Å²) in [5.74, 6) is -0.963. The Hall–Kier alpha value is -4.24. The van der Waals surface area contributed by atoms with Crippen molar-refractivity contribution in [3.8, 4) is 5.69 Å². The molecule has 0 saturated heterocycles. The van der Waals surface area contributed by atoms with Gasteiger partial charge < -0.3 is 15.4 Å². The molecule has 172 valence electrons. The molecule has 0 fully saturated rings. The van der Waals surface area contributed by atoms with E-state index in [1.807, 2.05) is 43.5 Å². The van der Waals surface area contributed by atoms with E-state index in [1.165, 1.54) is 17.4 Å². The van der Waals surface area contributed by atoms with Crippen molar-refractivity contribution in [2.45, 2.75) is 13.8 Å². The van der Waals surface area contributed by atoms with Gasteiger partial charge in [0.1, 0.15) is 5.82 Å². The van der Waals surface area contributed by atoms with E-state index in [1.54, 1.807) is 41.1 Å². The highest BCUT2D eigenvalue weighted by molar-refractivity contribution is 7.12. The van der Waals surface area contributed by atoms with Gasteiger partial charge in [0.15, 0.2) is 6.61 Å². The number of aryl methyl sites for hydroxylation is 2. The maximum Gasteiger partial charge on any atom is 0.338 e. The Morgan fingerprint density at radius 3 is 2.50 bits per heavy atom. The predicted molar refractivity (Wildman–Crippen MR) is 131 cm³/mol. The summed E-state index contributed by atoms with van der Waals surface area (Å²) in [7, 11) is 0. The first-order chi connectivity index (χ1) is 16.4. The number of hydrogen-bond acceptors (Lipinski definition) is 6. The normalized spacial score (nSPS) is 10.5. The Labute approximate surface area is 200 Å². The first kappa shape index (κ1) is 22.9. The second kappa shape index (κ2) is 10.1. The molecule has 2 heterocycles. The molecule has 4 aromatic rings. The van der Waals surface area contributed by atoms with Crippen LogP contribution in [0.5, 0.6) is 0 Å². The third-order valence-electron chi connectivity index (χ3n) is 4.81. The van der Waals surface area contributed by atoms with Crippen molar-refractivity contribution in [3.63, 3.8) is 0 Å². The number of nitrogens with one attached hydrogen (secondary N) is 2. The number of hydrogen-bond donors (Lipinski definition) is 2. The summed E-state index contributed by atoms with van der Waals surface area (Å²) in [5, 5.41) is 11.7. The summed E-state index contributed by atoms with van der Waals surface area (Å²) < 4.78 is 6.79. The van der Waals surface area contributed by atoms with E-state index in [9.17, 15) is 14.4 Å². The zero-order valence-electron chi connectivity index (χ0n) is 18.6. The van der Waals surface area contributed by atoms with E-state index in [4.69, 9.17) is 4.74 Å². The number of ether oxygens (including phenoxy) is 1. The van der Waals surface area contributed by atoms with Crippen LogP contribution in [0.1, 0.15) is 31.3 Å². The fourth-order valence-corrected chi connectivity index (χ4v) is 3.81. The van der Waals surface area contributed by atoms with Gasteiger partial charge in [-0.2, -0.15) is 5.10 Å². The number of anilines is 2. The summed E-state index contributed by atoms with van der Waals surface area (Å²) in [5.41, 5.74) is 3.31. The van der Waals surface area contributed by atoms with Crippen molar-refractivity contribution < 1.29 is 19.1 Å². The zero-order valence-corrected chi connectivity index (χ0v) is 19.4. The fraction of sp³-hybridized carbons (Fsp3) is 0.120. The van der Waals surface area contributed by atoms with Gasteiger partial charge in [0.05, 0.1) is 21.8 Å². The quantitative estimate of drug-likeness (QED) is 0.381. The van der Waals surface area contributed by atoms with Crippen molar-refractivity contribution in [2.75, 3.05) is 17.2 Å². The number of nitrogens with zero attached hydrogens (tertiary/aromatic N) is 2. The lowest BCUT2D eigenvalue weighted by atomic mass is 10.2. The molecule has 0 spiro atoms. The van der Waals surface area contributed by atoms with E-state index in [2.05, 4.69) is 15.7 Å². The minimum Gasteiger partial charge on any atom is -0.452 e. The van der Waals surface area contributed by atoms with Crippen molar-refractivity contribution in [2.24, 2.45) is 0 Å². The van der Waals surface area contributed by atoms with Gasteiger partial charge in [0, 0.05) is 11.8 Å². The van der Waals surface area contributed by atoms with Gasteiger partial charge >= 0.3 is 5.97 Å². The summed E-state index contributed by atoms with van der Waals surface area (Å²) in [4.78, 5) is 37.7. The number of amides is 2. The van der Waals surface area contributed by atoms with E-state index in [-0.39, 0.29) is 11.5 Å². The topological polar surface area (TPSA) is 102 Å². The van der Waals surface area contributed by atoms with Crippen molar-refractivity contribution in [3.05, 3.63) is 93.8 Å². The SMILES string of the molecule is Cc1ccc(-n2nc(C)cc2NC(=O)COC(=O)c2cccc(NC(=O)c3cccs3)c2)cc1. The van der Waals surface area contributed by atoms with E-state index in [0.29, 0.717) is 16.4 Å². The van der Waals surface area contributed by atoms with Crippen LogP contribution in [-0.2, 0) is 9.53 Å². The second-order valence-corrected chi connectivity index (χ2v) is 8.50. The highest BCUT2D eigenvalue weighted by atomic mass is 32.1. The van der Waals surface area contributed by atoms with Gasteiger partial charge in [-0.15, -0.1) is 11.3 Å². The number of thiophene rings is 1. The summed E-state index contributed by atoms with van der Waals surface area (Å²) in [6, 6.07) is 19.3. The van der Waals surface area contributed by atoms with Crippen LogP contribution in [0.4, 0.5) is 11.5 Å². The van der Waals surface area contributed by atoms with Gasteiger partial charge in [-0.05, 0) is 55.6 Å². The molecule has 0 aliphatic carbocycles. The molecule has 4 rings (SSSR count). The number of carbonyl (C=O) groups excluding carboxylic acids is 3. The number of aromatic nitrogens is 2. The van der Waals surface area contributed by atoms with E-state index < -0.39 is 18.5 Å². The molecular formula is C25H22N4O4S. The van der Waals surface area contributed by atoms with Gasteiger partial charge in [-0.1, -0.05) is 29.8 Å². The molecule has 2 N–H and O–H groups in total. The minimum absolute atomic E-state index is 0.220. The molecule has 0 aliphatic rings. The molecule has 2 aromatic heterocycles. The largest absolute Gasteiger partial charge is 0.452 e. The number of benzene rings is 2. The lowest BCUT2D eigenvalue weighted by Crippen LogP contribution is -2.22. The predicted octanol–water partition coefficient (Wildman–Crippen LogP) is 4.60. The Balaban J connectivity index is 1.36. The summed E-state index contributed by atoms with van der Waals surface area (Å²) >= 11 is 1.32. The van der Waals surface area contributed by atoms with Crippen LogP contribution in [0.2, 0.25) is 0 Å². The molecule has 0 bridgehead atoms. The Kier molecular flexibility index (Phi) is 6.84. The van der Waals surface area contributed by atoms with E-state index >= 15 is 0 Å². The molecule has 0 radical (unpaired) electrons. The minimum atomic E-state index is -0.675. The van der Waals surface area contributed by atoms with Crippen LogP contribution < -0.4 is 10.6 Å². The zero-order chi connectivity index (χ0) is 24.1. The molecule has 0 saturated carbocycles. The lowest BCUT2D eigenvalue weighted by molar-refractivity contribution is -0.119. The molecule has 0 aliphatic heterocycles. The molecular weight excluding hydrogens is 452 g/mol. The number of esters is 1. The molecule has 34 heavy (non-hydrogen) atoms. The molecule has 9 heteroatoms. The monoisotopic (exact) mass is 474 g/mol. The van der Waals surface area contributed by atoms with Gasteiger partial charge in [0.2, 0.25) is 0 Å². The smallest absolute Gasteiger partial charge is 0.338 e. The average molecular weight is 475 g/mol. The molecule has 2 amide bonds. The molecule has 0 atom stereocenters. The third kappa shape index (κ3) is 5.57. The first-order valence-corrected chi connectivity index (χ1v) is 11.3. The maximum absolute atomic E-state index is 12.5. The van der Waals surface area contributed by atoms with Crippen molar-refractivity contribution in [1.29, 1.82) is 0 Å². The lowest BCUT2D eigenvalue weighted by Gasteiger charge is -2.10. The first-order valence-electron chi connectivity index (χ1n) is 10.4. The Morgan fingerprint density at radius 2 is 1.76 bits per heavy atom. The van der Waals surface area contributed by atoms with Crippen LogP contribution in [0.3, 0.4) is 0 Å². The van der Waals surface area contributed by atoms with Crippen LogP contribution >= 0.6 is 11.3 Å². The van der Waals surface area contributed by atoms with Crippen LogP contribution in [0.25, 0.3) is 5.69 Å². The second-order valence-electron chi connectivity index (χ2n) is 7.55. The van der Waals surface area contributed by atoms with Gasteiger partial charge in [-0.3, -0.25) is 9.59 Å². The van der Waals surface area contributed by atoms with Gasteiger partial charge in [-0.25, -0.2) is 9.48 Å². The van der Waals surface area contributed by atoms with Crippen LogP contribution in [0.15, 0.2) is 72.1 Å². The van der Waals surface area contributed by atoms with E-state index in [0.717, 1.165) is 16.9 Å². The summed E-state index contributed by atoms with van der Waals surface area (Å²) in [6.07, 6.45) is 0. The Bertz CT molecular complexity index is 1330. The Morgan fingerprint density at radius 1 is 0.971 bits per heavy atom.